The predicted octanol–water partition coefficient (Wildman–Crippen LogP) is 1.92. The summed E-state index contributed by atoms with van der Waals surface area (Å²) in [6.07, 6.45) is 1.19. The van der Waals surface area contributed by atoms with Crippen LogP contribution in [0, 0.1) is 17.0 Å². The molecule has 1 atom stereocenters. The summed E-state index contributed by atoms with van der Waals surface area (Å²) in [6.45, 7) is 3.41. The van der Waals surface area contributed by atoms with Gasteiger partial charge in [-0.05, 0) is 31.4 Å². The van der Waals surface area contributed by atoms with E-state index >= 15 is 0 Å². The highest BCUT2D eigenvalue weighted by Gasteiger charge is 2.23. The van der Waals surface area contributed by atoms with Crippen molar-refractivity contribution in [1.82, 2.24) is 9.97 Å². The van der Waals surface area contributed by atoms with Gasteiger partial charge in [-0.15, -0.1) is 0 Å². The third kappa shape index (κ3) is 3.51. The molecule has 1 heterocycles. The van der Waals surface area contributed by atoms with E-state index < -0.39 is 4.92 Å². The average molecular weight is 275 g/mol. The molecule has 7 nitrogen and oxygen atoms in total. The van der Waals surface area contributed by atoms with E-state index in [9.17, 15) is 10.1 Å². The van der Waals surface area contributed by atoms with Gasteiger partial charge in [-0.1, -0.05) is 6.92 Å². The first-order valence-electron chi connectivity index (χ1n) is 5.55. The second-order valence-corrected chi connectivity index (χ2v) is 4.13. The van der Waals surface area contributed by atoms with Crippen LogP contribution in [0.4, 0.5) is 11.5 Å². The number of nitro groups is 1. The van der Waals surface area contributed by atoms with E-state index in [1.807, 2.05) is 6.92 Å². The van der Waals surface area contributed by atoms with E-state index in [0.29, 0.717) is 12.8 Å². The lowest BCUT2D eigenvalue weighted by atomic mass is 10.1. The van der Waals surface area contributed by atoms with Gasteiger partial charge in [0.05, 0.1) is 4.92 Å². The molecule has 0 saturated heterocycles. The van der Waals surface area contributed by atoms with Gasteiger partial charge in [0.1, 0.15) is 5.69 Å². The highest BCUT2D eigenvalue weighted by atomic mass is 35.5. The average Bonchev–Trinajstić information content (AvgIpc) is 2.26. The summed E-state index contributed by atoms with van der Waals surface area (Å²) in [7, 11) is 0. The molecule has 1 aromatic rings. The first-order chi connectivity index (χ1) is 8.49. The van der Waals surface area contributed by atoms with Crippen molar-refractivity contribution in [2.24, 2.45) is 0 Å². The summed E-state index contributed by atoms with van der Waals surface area (Å²) >= 11 is 5.70. The minimum Gasteiger partial charge on any atom is -0.396 e. The SMILES string of the molecule is CCC(CCO)Nc1nc(Cl)nc(C)c1[N+](=O)[O-]. The van der Waals surface area contributed by atoms with Crippen molar-refractivity contribution >= 4 is 23.1 Å². The third-order valence-corrected chi connectivity index (χ3v) is 2.69. The Balaban J connectivity index is 3.09. The van der Waals surface area contributed by atoms with Gasteiger partial charge in [0, 0.05) is 12.6 Å². The summed E-state index contributed by atoms with van der Waals surface area (Å²) in [5.74, 6) is 0.0952. The van der Waals surface area contributed by atoms with Gasteiger partial charge < -0.3 is 10.4 Å². The number of anilines is 1. The number of hydrogen-bond acceptors (Lipinski definition) is 6. The largest absolute Gasteiger partial charge is 0.396 e. The number of nitrogens with zero attached hydrogens (tertiary/aromatic N) is 3. The molecule has 0 saturated carbocycles. The van der Waals surface area contributed by atoms with Crippen LogP contribution >= 0.6 is 11.6 Å². The summed E-state index contributed by atoms with van der Waals surface area (Å²) in [6, 6.07) is -0.0981. The lowest BCUT2D eigenvalue weighted by molar-refractivity contribution is -0.385. The molecule has 0 bridgehead atoms. The number of hydrogen-bond donors (Lipinski definition) is 2. The zero-order valence-electron chi connectivity index (χ0n) is 10.2. The zero-order chi connectivity index (χ0) is 13.7. The van der Waals surface area contributed by atoms with Crippen molar-refractivity contribution in [3.05, 3.63) is 21.1 Å². The van der Waals surface area contributed by atoms with E-state index in [-0.39, 0.29) is 35.1 Å². The number of aliphatic hydroxyl groups excluding tert-OH is 1. The van der Waals surface area contributed by atoms with Crippen molar-refractivity contribution in [1.29, 1.82) is 0 Å². The van der Waals surface area contributed by atoms with Crippen molar-refractivity contribution in [3.63, 3.8) is 0 Å². The van der Waals surface area contributed by atoms with Crippen molar-refractivity contribution in [3.8, 4) is 0 Å². The monoisotopic (exact) mass is 274 g/mol. The van der Waals surface area contributed by atoms with Crippen molar-refractivity contribution < 1.29 is 10.0 Å². The topological polar surface area (TPSA) is 101 Å². The van der Waals surface area contributed by atoms with E-state index in [1.165, 1.54) is 6.92 Å². The Morgan fingerprint density at radius 3 is 2.72 bits per heavy atom. The lowest BCUT2D eigenvalue weighted by Crippen LogP contribution is -2.21. The molecule has 1 unspecified atom stereocenters. The zero-order valence-corrected chi connectivity index (χ0v) is 10.9. The molecule has 0 fully saturated rings. The van der Waals surface area contributed by atoms with Crippen LogP contribution in [0.15, 0.2) is 0 Å². The molecule has 0 aromatic carbocycles. The molecule has 0 aliphatic carbocycles. The molecular weight excluding hydrogens is 260 g/mol. The number of aryl methyl sites for hydroxylation is 1. The minimum absolute atomic E-state index is 0.00287. The highest BCUT2D eigenvalue weighted by Crippen LogP contribution is 2.27. The maximum atomic E-state index is 11.0. The van der Waals surface area contributed by atoms with Crippen molar-refractivity contribution in [2.75, 3.05) is 11.9 Å². The fraction of sp³-hybridized carbons (Fsp3) is 0.600. The van der Waals surface area contributed by atoms with Crippen LogP contribution in [0.1, 0.15) is 25.5 Å². The molecule has 100 valence electrons. The molecule has 1 aromatic heterocycles. The van der Waals surface area contributed by atoms with Crippen LogP contribution in [-0.4, -0.2) is 32.6 Å². The van der Waals surface area contributed by atoms with Gasteiger partial charge >= 0.3 is 5.69 Å². The van der Waals surface area contributed by atoms with Gasteiger partial charge in [-0.25, -0.2) is 4.98 Å². The summed E-state index contributed by atoms with van der Waals surface area (Å²) < 4.78 is 0. The summed E-state index contributed by atoms with van der Waals surface area (Å²) in [4.78, 5) is 18.0. The van der Waals surface area contributed by atoms with E-state index in [1.54, 1.807) is 0 Å². The predicted molar refractivity (Wildman–Crippen MR) is 67.8 cm³/mol. The van der Waals surface area contributed by atoms with Crippen molar-refractivity contribution in [2.45, 2.75) is 32.7 Å². The molecule has 0 aliphatic rings. The molecule has 18 heavy (non-hydrogen) atoms. The smallest absolute Gasteiger partial charge is 0.332 e. The number of aromatic nitrogens is 2. The van der Waals surface area contributed by atoms with Crippen LogP contribution in [0.25, 0.3) is 0 Å². The first-order valence-corrected chi connectivity index (χ1v) is 5.93. The van der Waals surface area contributed by atoms with Gasteiger partial charge in [-0.3, -0.25) is 10.1 Å². The highest BCUT2D eigenvalue weighted by molar-refractivity contribution is 6.28. The van der Waals surface area contributed by atoms with Crippen LogP contribution in [0.3, 0.4) is 0 Å². The van der Waals surface area contributed by atoms with E-state index in [0.717, 1.165) is 0 Å². The van der Waals surface area contributed by atoms with E-state index in [4.69, 9.17) is 16.7 Å². The Kier molecular flexibility index (Phi) is 5.24. The number of halogens is 1. The molecule has 0 radical (unpaired) electrons. The quantitative estimate of drug-likeness (QED) is 0.467. The first kappa shape index (κ1) is 14.6. The molecular formula is C10H15ClN4O3. The molecule has 8 heteroatoms. The van der Waals surface area contributed by atoms with Gasteiger partial charge in [0.15, 0.2) is 0 Å². The Morgan fingerprint density at radius 2 is 2.22 bits per heavy atom. The fourth-order valence-corrected chi connectivity index (χ4v) is 1.79. The van der Waals surface area contributed by atoms with Crippen LogP contribution in [0.2, 0.25) is 5.28 Å². The molecule has 1 rings (SSSR count). The van der Waals surface area contributed by atoms with Crippen LogP contribution in [-0.2, 0) is 0 Å². The fourth-order valence-electron chi connectivity index (χ4n) is 1.58. The Labute approximate surface area is 109 Å². The Bertz CT molecular complexity index is 441. The second kappa shape index (κ2) is 6.46. The third-order valence-electron chi connectivity index (χ3n) is 2.52. The van der Waals surface area contributed by atoms with Gasteiger partial charge in [-0.2, -0.15) is 4.98 Å². The maximum Gasteiger partial charge on any atom is 0.332 e. The molecule has 0 amide bonds. The lowest BCUT2D eigenvalue weighted by Gasteiger charge is -2.16. The Hall–Kier alpha value is -1.47. The summed E-state index contributed by atoms with van der Waals surface area (Å²) in [5, 5.41) is 22.8. The number of nitrogens with one attached hydrogen (secondary N) is 1. The maximum absolute atomic E-state index is 11.0. The summed E-state index contributed by atoms with van der Waals surface area (Å²) in [5.41, 5.74) is 0.0251. The molecule has 0 aliphatic heterocycles. The minimum atomic E-state index is -0.542. The number of aliphatic hydroxyl groups is 1. The van der Waals surface area contributed by atoms with Crippen LogP contribution in [0.5, 0.6) is 0 Å². The van der Waals surface area contributed by atoms with Gasteiger partial charge in [0.2, 0.25) is 11.1 Å². The molecule has 0 spiro atoms. The van der Waals surface area contributed by atoms with E-state index in [2.05, 4.69) is 15.3 Å². The second-order valence-electron chi connectivity index (χ2n) is 3.79. The number of rotatable bonds is 6. The van der Waals surface area contributed by atoms with Crippen LogP contribution < -0.4 is 5.32 Å². The standard InChI is InChI=1S/C10H15ClN4O3/c1-3-7(4-5-16)13-9-8(15(17)18)6(2)12-10(11)14-9/h7,16H,3-5H2,1-2H3,(H,12,13,14). The Morgan fingerprint density at radius 1 is 1.56 bits per heavy atom. The normalized spacial score (nSPS) is 12.2. The molecule has 2 N–H and O–H groups in total. The van der Waals surface area contributed by atoms with Gasteiger partial charge in [0.25, 0.3) is 0 Å².